The fourth-order valence-electron chi connectivity index (χ4n) is 2.88. The van der Waals surface area contributed by atoms with Gasteiger partial charge in [-0.05, 0) is 31.7 Å². The van der Waals surface area contributed by atoms with Crippen molar-refractivity contribution in [3.05, 3.63) is 27.9 Å². The number of rotatable bonds is 4. The van der Waals surface area contributed by atoms with E-state index in [1.165, 1.54) is 6.20 Å². The highest BCUT2D eigenvalue weighted by atomic mass is 16.6. The van der Waals surface area contributed by atoms with E-state index in [-0.39, 0.29) is 5.69 Å². The van der Waals surface area contributed by atoms with E-state index < -0.39 is 10.5 Å². The van der Waals surface area contributed by atoms with E-state index in [0.29, 0.717) is 23.8 Å². The molecule has 2 unspecified atom stereocenters. The molecule has 0 aliphatic heterocycles. The van der Waals surface area contributed by atoms with E-state index in [1.54, 1.807) is 13.0 Å². The summed E-state index contributed by atoms with van der Waals surface area (Å²) in [6.45, 7) is 4.27. The summed E-state index contributed by atoms with van der Waals surface area (Å²) in [6, 6.07) is 1.65. The molecule has 20 heavy (non-hydrogen) atoms. The Hall–Kier alpha value is -1.69. The number of aliphatic hydroxyl groups is 1. The minimum Gasteiger partial charge on any atom is -0.388 e. The molecule has 6 nitrogen and oxygen atoms in total. The van der Waals surface area contributed by atoms with Crippen molar-refractivity contribution in [3.63, 3.8) is 0 Å². The second-order valence-corrected chi connectivity index (χ2v) is 5.89. The van der Waals surface area contributed by atoms with E-state index in [2.05, 4.69) is 17.2 Å². The van der Waals surface area contributed by atoms with Gasteiger partial charge in [0.2, 0.25) is 0 Å². The van der Waals surface area contributed by atoms with Gasteiger partial charge in [0.25, 0.3) is 5.69 Å². The summed E-state index contributed by atoms with van der Waals surface area (Å²) in [7, 11) is 0. The average Bonchev–Trinajstić information content (AvgIpc) is 2.36. The van der Waals surface area contributed by atoms with E-state index in [1.807, 2.05) is 0 Å². The monoisotopic (exact) mass is 279 g/mol. The third-order valence-corrected chi connectivity index (χ3v) is 3.95. The van der Waals surface area contributed by atoms with Gasteiger partial charge in [-0.2, -0.15) is 0 Å². The highest BCUT2D eigenvalue weighted by Gasteiger charge is 2.32. The Balaban J connectivity index is 2.00. The number of aromatic nitrogens is 1. The Kier molecular flexibility index (Phi) is 4.23. The van der Waals surface area contributed by atoms with Crippen LogP contribution in [0.2, 0.25) is 0 Å². The quantitative estimate of drug-likeness (QED) is 0.653. The summed E-state index contributed by atoms with van der Waals surface area (Å²) in [5, 5.41) is 24.3. The zero-order chi connectivity index (χ0) is 14.8. The third-order valence-electron chi connectivity index (χ3n) is 3.95. The molecule has 1 aromatic heterocycles. The van der Waals surface area contributed by atoms with Crippen LogP contribution >= 0.6 is 0 Å². The van der Waals surface area contributed by atoms with Crippen LogP contribution in [0, 0.1) is 23.0 Å². The number of nitro groups is 1. The second kappa shape index (κ2) is 5.75. The zero-order valence-corrected chi connectivity index (χ0v) is 11.9. The number of nitrogens with zero attached hydrogens (tertiary/aromatic N) is 2. The van der Waals surface area contributed by atoms with Gasteiger partial charge in [-0.3, -0.25) is 10.1 Å². The number of nitrogens with one attached hydrogen (secondary N) is 1. The molecule has 1 aromatic rings. The Bertz CT molecular complexity index is 506. The third kappa shape index (κ3) is 3.45. The van der Waals surface area contributed by atoms with Crippen molar-refractivity contribution in [2.45, 2.75) is 45.1 Å². The van der Waals surface area contributed by atoms with Gasteiger partial charge in [0.15, 0.2) is 0 Å². The van der Waals surface area contributed by atoms with Gasteiger partial charge in [0.05, 0.1) is 10.5 Å². The van der Waals surface area contributed by atoms with Crippen molar-refractivity contribution in [1.29, 1.82) is 0 Å². The van der Waals surface area contributed by atoms with E-state index in [4.69, 9.17) is 0 Å². The first-order valence-electron chi connectivity index (χ1n) is 6.97. The molecule has 0 amide bonds. The maximum Gasteiger partial charge on any atom is 0.290 e. The lowest BCUT2D eigenvalue weighted by atomic mass is 9.79. The van der Waals surface area contributed by atoms with E-state index >= 15 is 0 Å². The van der Waals surface area contributed by atoms with Crippen molar-refractivity contribution in [1.82, 2.24) is 4.98 Å². The molecule has 0 saturated heterocycles. The van der Waals surface area contributed by atoms with Crippen LogP contribution < -0.4 is 5.32 Å². The SMILES string of the molecule is Cc1cc(NCC2(O)CCCC(C)C2)ncc1[N+](=O)[O-]. The Morgan fingerprint density at radius 2 is 2.40 bits per heavy atom. The van der Waals surface area contributed by atoms with Gasteiger partial charge in [-0.1, -0.05) is 19.8 Å². The van der Waals surface area contributed by atoms with Crippen molar-refractivity contribution < 1.29 is 10.0 Å². The van der Waals surface area contributed by atoms with Crippen LogP contribution in [0.4, 0.5) is 11.5 Å². The predicted molar refractivity (Wildman–Crippen MR) is 76.7 cm³/mol. The van der Waals surface area contributed by atoms with E-state index in [0.717, 1.165) is 25.7 Å². The molecule has 0 bridgehead atoms. The maximum absolute atomic E-state index is 10.7. The Morgan fingerprint density at radius 1 is 1.65 bits per heavy atom. The molecular formula is C14H21N3O3. The van der Waals surface area contributed by atoms with Crippen LogP contribution in [0.1, 0.15) is 38.2 Å². The average molecular weight is 279 g/mol. The fraction of sp³-hybridized carbons (Fsp3) is 0.643. The van der Waals surface area contributed by atoms with Crippen LogP contribution in [0.5, 0.6) is 0 Å². The smallest absolute Gasteiger partial charge is 0.290 e. The fourth-order valence-corrected chi connectivity index (χ4v) is 2.88. The molecule has 110 valence electrons. The van der Waals surface area contributed by atoms with Crippen molar-refractivity contribution in [2.24, 2.45) is 5.92 Å². The van der Waals surface area contributed by atoms with E-state index in [9.17, 15) is 15.2 Å². The minimum atomic E-state index is -0.699. The van der Waals surface area contributed by atoms with Gasteiger partial charge in [-0.15, -0.1) is 0 Å². The topological polar surface area (TPSA) is 88.3 Å². The van der Waals surface area contributed by atoms with Crippen molar-refractivity contribution >= 4 is 11.5 Å². The van der Waals surface area contributed by atoms with Gasteiger partial charge in [-0.25, -0.2) is 4.98 Å². The molecule has 1 aliphatic rings. The highest BCUT2D eigenvalue weighted by Crippen LogP contribution is 2.32. The first-order chi connectivity index (χ1) is 9.39. The standard InChI is InChI=1S/C14H21N3O3/c1-10-4-3-5-14(18,7-10)9-16-13-6-11(2)12(8-15-13)17(19)20/h6,8,10,18H,3-5,7,9H2,1-2H3,(H,15,16). The number of anilines is 1. The first kappa shape index (κ1) is 14.7. The highest BCUT2D eigenvalue weighted by molar-refractivity contribution is 5.47. The Morgan fingerprint density at radius 3 is 3.00 bits per heavy atom. The Labute approximate surface area is 118 Å². The molecule has 1 heterocycles. The van der Waals surface area contributed by atoms with Crippen LogP contribution in [0.3, 0.4) is 0 Å². The lowest BCUT2D eigenvalue weighted by molar-refractivity contribution is -0.385. The number of aryl methyl sites for hydroxylation is 1. The maximum atomic E-state index is 10.7. The molecule has 6 heteroatoms. The summed E-state index contributed by atoms with van der Waals surface area (Å²) < 4.78 is 0. The lowest BCUT2D eigenvalue weighted by Gasteiger charge is -2.35. The molecule has 1 saturated carbocycles. The lowest BCUT2D eigenvalue weighted by Crippen LogP contribution is -2.41. The molecule has 0 aromatic carbocycles. The normalized spacial score (nSPS) is 26.2. The molecule has 1 fully saturated rings. The molecule has 2 N–H and O–H groups in total. The summed E-state index contributed by atoms with van der Waals surface area (Å²) in [4.78, 5) is 14.3. The zero-order valence-electron chi connectivity index (χ0n) is 11.9. The molecule has 1 aliphatic carbocycles. The van der Waals surface area contributed by atoms with Gasteiger partial charge >= 0.3 is 0 Å². The molecular weight excluding hydrogens is 258 g/mol. The minimum absolute atomic E-state index is 0.0144. The summed E-state index contributed by atoms with van der Waals surface area (Å²) in [5.41, 5.74) is -0.119. The number of pyridine rings is 1. The van der Waals surface area contributed by atoms with Crippen molar-refractivity contribution in [2.75, 3.05) is 11.9 Å². The van der Waals surface area contributed by atoms with Crippen LogP contribution in [-0.2, 0) is 0 Å². The summed E-state index contributed by atoms with van der Waals surface area (Å²) in [6.07, 6.45) is 5.02. The van der Waals surface area contributed by atoms with Gasteiger partial charge in [0.1, 0.15) is 12.0 Å². The largest absolute Gasteiger partial charge is 0.388 e. The van der Waals surface area contributed by atoms with Crippen LogP contribution in [-0.4, -0.2) is 27.2 Å². The number of hydrogen-bond donors (Lipinski definition) is 2. The van der Waals surface area contributed by atoms with Crippen molar-refractivity contribution in [3.8, 4) is 0 Å². The second-order valence-electron chi connectivity index (χ2n) is 5.89. The summed E-state index contributed by atoms with van der Waals surface area (Å²) in [5.74, 6) is 1.10. The van der Waals surface area contributed by atoms with Gasteiger partial charge < -0.3 is 10.4 Å². The summed E-state index contributed by atoms with van der Waals surface area (Å²) >= 11 is 0. The predicted octanol–water partition coefficient (Wildman–Crippen LogP) is 2.65. The molecule has 0 radical (unpaired) electrons. The molecule has 0 spiro atoms. The number of hydrogen-bond acceptors (Lipinski definition) is 5. The first-order valence-corrected chi connectivity index (χ1v) is 6.97. The van der Waals surface area contributed by atoms with Crippen LogP contribution in [0.25, 0.3) is 0 Å². The van der Waals surface area contributed by atoms with Gasteiger partial charge in [0, 0.05) is 12.1 Å². The molecule has 2 rings (SSSR count). The molecule has 2 atom stereocenters. The van der Waals surface area contributed by atoms with Crippen LogP contribution in [0.15, 0.2) is 12.3 Å².